The minimum atomic E-state index is -0.459. The Bertz CT molecular complexity index is 479. The van der Waals surface area contributed by atoms with Crippen LogP contribution in [0, 0.1) is 0 Å². The Morgan fingerprint density at radius 1 is 1.24 bits per heavy atom. The SMILES string of the molecule is CC(Oc1ccccc1C(C)C)C(=O)N1CCC(N)CC1. The van der Waals surface area contributed by atoms with E-state index < -0.39 is 6.10 Å². The van der Waals surface area contributed by atoms with Gasteiger partial charge in [0, 0.05) is 19.1 Å². The highest BCUT2D eigenvalue weighted by molar-refractivity contribution is 5.81. The number of amides is 1. The van der Waals surface area contributed by atoms with Gasteiger partial charge in [0.25, 0.3) is 5.91 Å². The molecule has 2 rings (SSSR count). The number of nitrogens with zero attached hydrogens (tertiary/aromatic N) is 1. The second-order valence-electron chi connectivity index (χ2n) is 6.12. The van der Waals surface area contributed by atoms with Crippen LogP contribution in [0.4, 0.5) is 0 Å². The highest BCUT2D eigenvalue weighted by Gasteiger charge is 2.26. The lowest BCUT2D eigenvalue weighted by molar-refractivity contribution is -0.139. The average Bonchev–Trinajstić information content (AvgIpc) is 2.47. The maximum atomic E-state index is 12.5. The van der Waals surface area contributed by atoms with E-state index >= 15 is 0 Å². The summed E-state index contributed by atoms with van der Waals surface area (Å²) in [6.45, 7) is 7.55. The van der Waals surface area contributed by atoms with E-state index in [0.717, 1.165) is 37.2 Å². The zero-order valence-corrected chi connectivity index (χ0v) is 13.2. The minimum absolute atomic E-state index is 0.0560. The standard InChI is InChI=1S/C17H26N2O2/c1-12(2)15-6-4-5-7-16(15)21-13(3)17(20)19-10-8-14(18)9-11-19/h4-7,12-14H,8-11,18H2,1-3H3. The van der Waals surface area contributed by atoms with Crippen molar-refractivity contribution in [2.75, 3.05) is 13.1 Å². The Hall–Kier alpha value is -1.55. The third kappa shape index (κ3) is 3.97. The van der Waals surface area contributed by atoms with E-state index in [0.29, 0.717) is 5.92 Å². The van der Waals surface area contributed by atoms with E-state index in [1.165, 1.54) is 0 Å². The van der Waals surface area contributed by atoms with Gasteiger partial charge in [-0.2, -0.15) is 0 Å². The molecule has 2 N–H and O–H groups in total. The Morgan fingerprint density at radius 3 is 2.48 bits per heavy atom. The lowest BCUT2D eigenvalue weighted by atomic mass is 10.0. The van der Waals surface area contributed by atoms with Gasteiger partial charge in [0.05, 0.1) is 0 Å². The number of likely N-dealkylation sites (tertiary alicyclic amines) is 1. The molecule has 4 heteroatoms. The van der Waals surface area contributed by atoms with Crippen LogP contribution in [0.2, 0.25) is 0 Å². The normalized spacial score (nSPS) is 17.9. The molecule has 1 aromatic rings. The summed E-state index contributed by atoms with van der Waals surface area (Å²) >= 11 is 0. The third-order valence-electron chi connectivity index (χ3n) is 4.04. The number of piperidine rings is 1. The van der Waals surface area contributed by atoms with Crippen molar-refractivity contribution in [1.29, 1.82) is 0 Å². The second kappa shape index (κ2) is 6.94. The summed E-state index contributed by atoms with van der Waals surface area (Å²) in [4.78, 5) is 14.3. The molecule has 0 spiro atoms. The molecule has 0 aromatic heterocycles. The monoisotopic (exact) mass is 290 g/mol. The molecule has 1 unspecified atom stereocenters. The Labute approximate surface area is 127 Å². The number of rotatable bonds is 4. The lowest BCUT2D eigenvalue weighted by Gasteiger charge is -2.32. The van der Waals surface area contributed by atoms with Gasteiger partial charge in [0.2, 0.25) is 0 Å². The van der Waals surface area contributed by atoms with Crippen molar-refractivity contribution in [2.45, 2.75) is 51.7 Å². The molecule has 1 aliphatic rings. The fraction of sp³-hybridized carbons (Fsp3) is 0.588. The van der Waals surface area contributed by atoms with E-state index in [1.807, 2.05) is 30.0 Å². The molecule has 0 radical (unpaired) electrons. The number of ether oxygens (including phenoxy) is 1. The molecular weight excluding hydrogens is 264 g/mol. The molecule has 0 bridgehead atoms. The summed E-state index contributed by atoms with van der Waals surface area (Å²) < 4.78 is 5.93. The van der Waals surface area contributed by atoms with Crippen LogP contribution in [0.5, 0.6) is 5.75 Å². The Kier molecular flexibility index (Phi) is 5.23. The minimum Gasteiger partial charge on any atom is -0.481 e. The van der Waals surface area contributed by atoms with Gasteiger partial charge < -0.3 is 15.4 Å². The number of carbonyl (C=O) groups excluding carboxylic acids is 1. The van der Waals surface area contributed by atoms with E-state index in [2.05, 4.69) is 19.9 Å². The molecular formula is C17H26N2O2. The molecule has 0 aliphatic carbocycles. The van der Waals surface area contributed by atoms with Gasteiger partial charge in [-0.15, -0.1) is 0 Å². The van der Waals surface area contributed by atoms with Crippen molar-refractivity contribution in [2.24, 2.45) is 5.73 Å². The number of hydrogen-bond acceptors (Lipinski definition) is 3. The van der Waals surface area contributed by atoms with Crippen molar-refractivity contribution in [3.63, 3.8) is 0 Å². The van der Waals surface area contributed by atoms with E-state index in [-0.39, 0.29) is 11.9 Å². The quantitative estimate of drug-likeness (QED) is 0.927. The first-order valence-electron chi connectivity index (χ1n) is 7.79. The number of benzene rings is 1. The summed E-state index contributed by atoms with van der Waals surface area (Å²) in [6.07, 6.45) is 1.29. The molecule has 4 nitrogen and oxygen atoms in total. The van der Waals surface area contributed by atoms with Crippen molar-refractivity contribution < 1.29 is 9.53 Å². The number of carbonyl (C=O) groups is 1. The largest absolute Gasteiger partial charge is 0.481 e. The molecule has 1 aromatic carbocycles. The molecule has 1 saturated heterocycles. The number of nitrogens with two attached hydrogens (primary N) is 1. The fourth-order valence-corrected chi connectivity index (χ4v) is 2.68. The molecule has 1 atom stereocenters. The first-order valence-corrected chi connectivity index (χ1v) is 7.79. The molecule has 1 fully saturated rings. The van der Waals surface area contributed by atoms with Crippen molar-refractivity contribution in [1.82, 2.24) is 4.90 Å². The van der Waals surface area contributed by atoms with Gasteiger partial charge >= 0.3 is 0 Å². The van der Waals surface area contributed by atoms with Crippen molar-refractivity contribution in [3.05, 3.63) is 29.8 Å². The Morgan fingerprint density at radius 2 is 1.86 bits per heavy atom. The van der Waals surface area contributed by atoms with Gasteiger partial charge in [0.1, 0.15) is 5.75 Å². The average molecular weight is 290 g/mol. The van der Waals surface area contributed by atoms with Gasteiger partial charge in [-0.25, -0.2) is 0 Å². The van der Waals surface area contributed by atoms with E-state index in [4.69, 9.17) is 10.5 Å². The first kappa shape index (κ1) is 15.8. The molecule has 1 heterocycles. The first-order chi connectivity index (χ1) is 9.99. The van der Waals surface area contributed by atoms with Crippen molar-refractivity contribution in [3.8, 4) is 5.75 Å². The topological polar surface area (TPSA) is 55.6 Å². The van der Waals surface area contributed by atoms with Gasteiger partial charge in [0.15, 0.2) is 6.10 Å². The third-order valence-corrected chi connectivity index (χ3v) is 4.04. The molecule has 1 aliphatic heterocycles. The fourth-order valence-electron chi connectivity index (χ4n) is 2.68. The summed E-state index contributed by atoms with van der Waals surface area (Å²) in [5.74, 6) is 1.24. The maximum Gasteiger partial charge on any atom is 0.263 e. The van der Waals surface area contributed by atoms with Crippen LogP contribution in [0.15, 0.2) is 24.3 Å². The highest BCUT2D eigenvalue weighted by atomic mass is 16.5. The predicted octanol–water partition coefficient (Wildman–Crippen LogP) is 2.53. The molecule has 21 heavy (non-hydrogen) atoms. The predicted molar refractivity (Wildman–Crippen MR) is 84.4 cm³/mol. The van der Waals surface area contributed by atoms with E-state index in [9.17, 15) is 4.79 Å². The smallest absolute Gasteiger partial charge is 0.263 e. The van der Waals surface area contributed by atoms with Crippen LogP contribution in [0.25, 0.3) is 0 Å². The lowest BCUT2D eigenvalue weighted by Crippen LogP contribution is -2.47. The molecule has 116 valence electrons. The number of para-hydroxylation sites is 1. The number of hydrogen-bond donors (Lipinski definition) is 1. The van der Waals surface area contributed by atoms with Crippen LogP contribution in [0.3, 0.4) is 0 Å². The van der Waals surface area contributed by atoms with Gasteiger partial charge in [-0.05, 0) is 37.3 Å². The zero-order chi connectivity index (χ0) is 15.4. The summed E-state index contributed by atoms with van der Waals surface area (Å²) in [7, 11) is 0. The summed E-state index contributed by atoms with van der Waals surface area (Å²) in [6, 6.07) is 8.16. The molecule has 1 amide bonds. The van der Waals surface area contributed by atoms with Crippen LogP contribution in [-0.4, -0.2) is 36.0 Å². The second-order valence-corrected chi connectivity index (χ2v) is 6.12. The van der Waals surface area contributed by atoms with E-state index in [1.54, 1.807) is 0 Å². The van der Waals surface area contributed by atoms with Gasteiger partial charge in [-0.1, -0.05) is 32.0 Å². The summed E-state index contributed by atoms with van der Waals surface area (Å²) in [5.41, 5.74) is 7.02. The zero-order valence-electron chi connectivity index (χ0n) is 13.2. The van der Waals surface area contributed by atoms with Crippen molar-refractivity contribution >= 4 is 5.91 Å². The molecule has 0 saturated carbocycles. The van der Waals surface area contributed by atoms with Crippen LogP contribution in [0.1, 0.15) is 45.1 Å². The Balaban J connectivity index is 2.01. The highest BCUT2D eigenvalue weighted by Crippen LogP contribution is 2.27. The summed E-state index contributed by atoms with van der Waals surface area (Å²) in [5, 5.41) is 0. The maximum absolute atomic E-state index is 12.5. The van der Waals surface area contributed by atoms with Crippen LogP contribution in [-0.2, 0) is 4.79 Å². The van der Waals surface area contributed by atoms with Gasteiger partial charge in [-0.3, -0.25) is 4.79 Å². The van der Waals surface area contributed by atoms with Crippen LogP contribution >= 0.6 is 0 Å². The van der Waals surface area contributed by atoms with Crippen LogP contribution < -0.4 is 10.5 Å².